The summed E-state index contributed by atoms with van der Waals surface area (Å²) in [7, 11) is 0. The molecule has 0 saturated carbocycles. The first-order valence-corrected chi connectivity index (χ1v) is 8.39. The summed E-state index contributed by atoms with van der Waals surface area (Å²) in [6.45, 7) is 0. The number of halogens is 1. The van der Waals surface area contributed by atoms with Crippen molar-refractivity contribution in [3.05, 3.63) is 64.5 Å². The number of aryl methyl sites for hydroxylation is 1. The van der Waals surface area contributed by atoms with Crippen molar-refractivity contribution >= 4 is 44.1 Å². The molecule has 0 bridgehead atoms. The summed E-state index contributed by atoms with van der Waals surface area (Å²) >= 11 is 5.72. The Labute approximate surface area is 143 Å². The van der Waals surface area contributed by atoms with Crippen molar-refractivity contribution in [2.75, 3.05) is 5.88 Å². The highest BCUT2D eigenvalue weighted by Gasteiger charge is 2.15. The summed E-state index contributed by atoms with van der Waals surface area (Å²) in [5, 5.41) is 14.2. The summed E-state index contributed by atoms with van der Waals surface area (Å²) in [5.74, 6) is 0.511. The normalized spacial score (nSPS) is 11.5. The Morgan fingerprint density at radius 2 is 1.75 bits per heavy atom. The summed E-state index contributed by atoms with van der Waals surface area (Å²) in [6.07, 6.45) is 1.37. The summed E-state index contributed by atoms with van der Waals surface area (Å²) < 4.78 is 5.59. The Balaban J connectivity index is 2.10. The van der Waals surface area contributed by atoms with E-state index in [-0.39, 0.29) is 11.1 Å². The monoisotopic (exact) mass is 338 g/mol. The lowest BCUT2D eigenvalue weighted by Gasteiger charge is -2.10. The van der Waals surface area contributed by atoms with Gasteiger partial charge in [0.2, 0.25) is 0 Å². The van der Waals surface area contributed by atoms with Crippen LogP contribution in [0.4, 0.5) is 0 Å². The Hall–Kier alpha value is -2.52. The molecule has 0 amide bonds. The molecule has 4 heteroatoms. The molecule has 0 aliphatic heterocycles. The number of hydrogen-bond acceptors (Lipinski definition) is 3. The molecule has 1 heterocycles. The molecule has 0 radical (unpaired) electrons. The Kier molecular flexibility index (Phi) is 3.66. The zero-order valence-corrected chi connectivity index (χ0v) is 13.6. The van der Waals surface area contributed by atoms with Crippen LogP contribution in [0.25, 0.3) is 32.5 Å². The van der Waals surface area contributed by atoms with Gasteiger partial charge in [0, 0.05) is 22.0 Å². The highest BCUT2D eigenvalue weighted by molar-refractivity contribution is 6.18. The number of aromatic hydroxyl groups is 1. The number of phenolic OH excluding ortho intramolecular Hbond substituents is 1. The molecule has 0 atom stereocenters. The molecule has 0 fully saturated rings. The molecule has 0 aliphatic carbocycles. The van der Waals surface area contributed by atoms with E-state index in [1.165, 1.54) is 0 Å². The van der Waals surface area contributed by atoms with Crippen LogP contribution in [0.2, 0.25) is 0 Å². The van der Waals surface area contributed by atoms with Crippen LogP contribution in [0.15, 0.2) is 57.7 Å². The largest absolute Gasteiger partial charge is 0.507 e. The lowest BCUT2D eigenvalue weighted by atomic mass is 9.99. The van der Waals surface area contributed by atoms with E-state index in [1.54, 1.807) is 0 Å². The molecule has 0 aliphatic rings. The summed E-state index contributed by atoms with van der Waals surface area (Å²) in [5.41, 5.74) is 0.758. The van der Waals surface area contributed by atoms with Gasteiger partial charge >= 0.3 is 5.63 Å². The highest BCUT2D eigenvalue weighted by atomic mass is 35.5. The van der Waals surface area contributed by atoms with Gasteiger partial charge in [0.25, 0.3) is 0 Å². The Morgan fingerprint density at radius 3 is 2.58 bits per heavy atom. The Morgan fingerprint density at radius 1 is 0.958 bits per heavy atom. The van der Waals surface area contributed by atoms with Gasteiger partial charge in [0.15, 0.2) is 0 Å². The maximum atomic E-state index is 12.5. The summed E-state index contributed by atoms with van der Waals surface area (Å²) in [4.78, 5) is 12.5. The van der Waals surface area contributed by atoms with E-state index >= 15 is 0 Å². The predicted octanol–water partition coefficient (Wildman–Crippen LogP) is 4.98. The van der Waals surface area contributed by atoms with Crippen molar-refractivity contribution < 1.29 is 9.52 Å². The minimum atomic E-state index is -0.515. The van der Waals surface area contributed by atoms with Crippen molar-refractivity contribution in [3.63, 3.8) is 0 Å². The predicted molar refractivity (Wildman–Crippen MR) is 98.2 cm³/mol. The third-order valence-corrected chi connectivity index (χ3v) is 4.68. The fourth-order valence-corrected chi connectivity index (χ4v) is 3.37. The molecule has 24 heavy (non-hydrogen) atoms. The molecular weight excluding hydrogens is 324 g/mol. The lowest BCUT2D eigenvalue weighted by Crippen LogP contribution is -2.02. The average molecular weight is 339 g/mol. The van der Waals surface area contributed by atoms with Gasteiger partial charge in [-0.05, 0) is 29.9 Å². The van der Waals surface area contributed by atoms with Crippen molar-refractivity contribution in [1.29, 1.82) is 0 Å². The second kappa shape index (κ2) is 5.84. The van der Waals surface area contributed by atoms with Crippen LogP contribution in [0.5, 0.6) is 5.75 Å². The van der Waals surface area contributed by atoms with Gasteiger partial charge in [0.1, 0.15) is 16.7 Å². The van der Waals surface area contributed by atoms with Crippen molar-refractivity contribution in [3.8, 4) is 5.75 Å². The molecule has 0 saturated heterocycles. The molecule has 3 nitrogen and oxygen atoms in total. The molecular formula is C20H15ClO3. The fraction of sp³-hybridized carbons (Fsp3) is 0.150. The van der Waals surface area contributed by atoms with E-state index in [4.69, 9.17) is 16.0 Å². The van der Waals surface area contributed by atoms with Gasteiger partial charge in [-0.25, -0.2) is 4.79 Å². The van der Waals surface area contributed by atoms with Gasteiger partial charge < -0.3 is 9.52 Å². The lowest BCUT2D eigenvalue weighted by molar-refractivity contribution is 0.470. The van der Waals surface area contributed by atoms with Crippen molar-refractivity contribution in [2.45, 2.75) is 12.8 Å². The number of phenols is 1. The zero-order chi connectivity index (χ0) is 16.7. The van der Waals surface area contributed by atoms with E-state index in [0.717, 1.165) is 28.1 Å². The number of fused-ring (bicyclic) bond motifs is 5. The van der Waals surface area contributed by atoms with E-state index in [2.05, 4.69) is 0 Å². The zero-order valence-electron chi connectivity index (χ0n) is 12.9. The van der Waals surface area contributed by atoms with Crippen LogP contribution >= 0.6 is 11.6 Å². The highest BCUT2D eigenvalue weighted by Crippen LogP contribution is 2.34. The van der Waals surface area contributed by atoms with E-state index in [1.807, 2.05) is 48.5 Å². The molecule has 0 spiro atoms. The van der Waals surface area contributed by atoms with E-state index < -0.39 is 5.63 Å². The van der Waals surface area contributed by atoms with Gasteiger partial charge in [0.05, 0.1) is 0 Å². The minimum Gasteiger partial charge on any atom is -0.507 e. The van der Waals surface area contributed by atoms with Gasteiger partial charge in [-0.15, -0.1) is 11.6 Å². The molecule has 3 aromatic carbocycles. The first-order valence-electron chi connectivity index (χ1n) is 7.86. The Bertz CT molecular complexity index is 1130. The second-order valence-corrected chi connectivity index (χ2v) is 6.22. The number of hydrogen-bond donors (Lipinski definition) is 1. The van der Waals surface area contributed by atoms with Crippen LogP contribution in [-0.2, 0) is 6.42 Å². The maximum Gasteiger partial charge on any atom is 0.348 e. The second-order valence-electron chi connectivity index (χ2n) is 5.84. The third-order valence-electron chi connectivity index (χ3n) is 4.41. The van der Waals surface area contributed by atoms with Crippen LogP contribution in [0.3, 0.4) is 0 Å². The topological polar surface area (TPSA) is 50.4 Å². The number of alkyl halides is 1. The van der Waals surface area contributed by atoms with Crippen molar-refractivity contribution in [2.24, 2.45) is 0 Å². The van der Waals surface area contributed by atoms with Gasteiger partial charge in [-0.1, -0.05) is 42.5 Å². The average Bonchev–Trinajstić information content (AvgIpc) is 2.61. The van der Waals surface area contributed by atoms with Gasteiger partial charge in [-0.2, -0.15) is 0 Å². The van der Waals surface area contributed by atoms with Gasteiger partial charge in [-0.3, -0.25) is 0 Å². The molecule has 4 aromatic rings. The minimum absolute atomic E-state index is 0.00132. The van der Waals surface area contributed by atoms with Crippen LogP contribution in [0, 0.1) is 0 Å². The molecule has 1 N–H and O–H groups in total. The standard InChI is InChI=1S/C20H15ClO3/c21-11-3-5-13-8-9-15-16-10-7-12-4-1-2-6-14(12)19(16)24-20(23)17(15)18(13)22/h1-2,4,6-10,22H,3,5,11H2. The molecule has 120 valence electrons. The summed E-state index contributed by atoms with van der Waals surface area (Å²) in [6, 6.07) is 15.4. The molecule has 1 aromatic heterocycles. The van der Waals surface area contributed by atoms with Crippen LogP contribution in [0.1, 0.15) is 12.0 Å². The number of benzene rings is 3. The molecule has 4 rings (SSSR count). The first-order chi connectivity index (χ1) is 11.7. The first kappa shape index (κ1) is 15.0. The van der Waals surface area contributed by atoms with E-state index in [9.17, 15) is 9.90 Å². The van der Waals surface area contributed by atoms with E-state index in [0.29, 0.717) is 23.3 Å². The van der Waals surface area contributed by atoms with Crippen LogP contribution in [-0.4, -0.2) is 11.0 Å². The third kappa shape index (κ3) is 2.24. The SMILES string of the molecule is O=c1oc2c3ccccc3ccc2c2ccc(CCCCl)c(O)c12. The maximum absolute atomic E-state index is 12.5. The quantitative estimate of drug-likeness (QED) is 0.326. The van der Waals surface area contributed by atoms with Crippen LogP contribution < -0.4 is 5.63 Å². The van der Waals surface area contributed by atoms with Crippen molar-refractivity contribution in [1.82, 2.24) is 0 Å². The number of rotatable bonds is 3. The fourth-order valence-electron chi connectivity index (χ4n) is 3.23. The smallest absolute Gasteiger partial charge is 0.348 e. The molecule has 0 unspecified atom stereocenters.